The van der Waals surface area contributed by atoms with Crippen LogP contribution in [0.3, 0.4) is 0 Å². The first-order valence-corrected chi connectivity index (χ1v) is 6.30. The Morgan fingerprint density at radius 1 is 1.67 bits per heavy atom. The first-order valence-electron chi connectivity index (χ1n) is 6.30. The molecular weight excluding hydrogens is 232 g/mol. The molecule has 0 spiro atoms. The van der Waals surface area contributed by atoms with Crippen molar-refractivity contribution in [2.24, 2.45) is 0 Å². The molecule has 0 aliphatic carbocycles. The fraction of sp³-hybridized carbons (Fsp3) is 0.583. The van der Waals surface area contributed by atoms with Gasteiger partial charge < -0.3 is 10.2 Å². The number of nitro groups is 1. The van der Waals surface area contributed by atoms with Crippen LogP contribution in [-0.4, -0.2) is 35.6 Å². The van der Waals surface area contributed by atoms with Crippen LogP contribution in [0, 0.1) is 10.1 Å². The van der Waals surface area contributed by atoms with E-state index in [-0.39, 0.29) is 16.7 Å². The van der Waals surface area contributed by atoms with E-state index >= 15 is 0 Å². The molecule has 1 fully saturated rings. The number of aromatic nitrogens is 1. The highest BCUT2D eigenvalue weighted by Gasteiger charge is 2.26. The number of pyridine rings is 1. The van der Waals surface area contributed by atoms with Gasteiger partial charge in [0.15, 0.2) is 0 Å². The Balaban J connectivity index is 2.28. The summed E-state index contributed by atoms with van der Waals surface area (Å²) in [4.78, 5) is 16.9. The molecule has 18 heavy (non-hydrogen) atoms. The Morgan fingerprint density at radius 2 is 2.50 bits per heavy atom. The third-order valence-electron chi connectivity index (χ3n) is 3.29. The molecule has 0 bridgehead atoms. The number of hydrogen-bond donors (Lipinski definition) is 1. The normalized spacial score (nSPS) is 19.5. The van der Waals surface area contributed by atoms with E-state index in [1.807, 2.05) is 11.8 Å². The Morgan fingerprint density at radius 3 is 3.11 bits per heavy atom. The second kappa shape index (κ2) is 5.77. The number of nitrogens with zero attached hydrogens (tertiary/aromatic N) is 3. The second-order valence-electron chi connectivity index (χ2n) is 4.39. The molecule has 1 N–H and O–H groups in total. The highest BCUT2D eigenvalue weighted by molar-refractivity contribution is 5.58. The van der Waals surface area contributed by atoms with Crippen molar-refractivity contribution < 1.29 is 4.92 Å². The molecular formula is C12H18N4O2. The van der Waals surface area contributed by atoms with E-state index in [0.717, 1.165) is 32.5 Å². The molecule has 1 aromatic heterocycles. The molecule has 1 unspecified atom stereocenters. The summed E-state index contributed by atoms with van der Waals surface area (Å²) < 4.78 is 0. The van der Waals surface area contributed by atoms with Gasteiger partial charge in [-0.3, -0.25) is 10.1 Å². The molecule has 1 saturated heterocycles. The first-order chi connectivity index (χ1) is 8.74. The molecule has 2 heterocycles. The van der Waals surface area contributed by atoms with Gasteiger partial charge in [0, 0.05) is 31.4 Å². The fourth-order valence-corrected chi connectivity index (χ4v) is 2.43. The van der Waals surface area contributed by atoms with Gasteiger partial charge in [-0.15, -0.1) is 0 Å². The monoisotopic (exact) mass is 250 g/mol. The van der Waals surface area contributed by atoms with Crippen molar-refractivity contribution in [3.63, 3.8) is 0 Å². The van der Waals surface area contributed by atoms with Crippen LogP contribution in [0.15, 0.2) is 18.3 Å². The van der Waals surface area contributed by atoms with Crippen LogP contribution in [0.25, 0.3) is 0 Å². The standard InChI is InChI=1S/C12H18N4O2/c1-2-15(10-5-3-7-13-9-10)12-11(16(17)18)6-4-8-14-12/h4,6,8,10,13H,2-3,5,7,9H2,1H3. The number of hydrogen-bond acceptors (Lipinski definition) is 5. The van der Waals surface area contributed by atoms with Gasteiger partial charge in [0.2, 0.25) is 5.82 Å². The van der Waals surface area contributed by atoms with Crippen LogP contribution in [0.5, 0.6) is 0 Å². The molecule has 6 nitrogen and oxygen atoms in total. The van der Waals surface area contributed by atoms with Crippen molar-refractivity contribution >= 4 is 11.5 Å². The van der Waals surface area contributed by atoms with E-state index in [4.69, 9.17) is 0 Å². The van der Waals surface area contributed by atoms with E-state index < -0.39 is 0 Å². The third kappa shape index (κ3) is 2.59. The zero-order valence-electron chi connectivity index (χ0n) is 10.5. The SMILES string of the molecule is CCN(c1ncccc1[N+](=O)[O-])C1CCCNC1. The molecule has 2 rings (SSSR count). The van der Waals surface area contributed by atoms with Crippen LogP contribution in [0.1, 0.15) is 19.8 Å². The van der Waals surface area contributed by atoms with E-state index in [1.54, 1.807) is 12.3 Å². The number of likely N-dealkylation sites (N-methyl/N-ethyl adjacent to an activating group) is 1. The predicted molar refractivity (Wildman–Crippen MR) is 69.8 cm³/mol. The van der Waals surface area contributed by atoms with Gasteiger partial charge in [0.1, 0.15) is 0 Å². The van der Waals surface area contributed by atoms with Gasteiger partial charge in [-0.25, -0.2) is 4.98 Å². The highest BCUT2D eigenvalue weighted by Crippen LogP contribution is 2.27. The van der Waals surface area contributed by atoms with Crippen molar-refractivity contribution in [3.8, 4) is 0 Å². The molecule has 1 aliphatic rings. The van der Waals surface area contributed by atoms with Crippen molar-refractivity contribution in [1.29, 1.82) is 0 Å². The molecule has 0 aromatic carbocycles. The summed E-state index contributed by atoms with van der Waals surface area (Å²) >= 11 is 0. The van der Waals surface area contributed by atoms with Crippen molar-refractivity contribution in [3.05, 3.63) is 28.4 Å². The highest BCUT2D eigenvalue weighted by atomic mass is 16.6. The molecule has 1 aliphatic heterocycles. The van der Waals surface area contributed by atoms with Gasteiger partial charge >= 0.3 is 5.69 Å². The van der Waals surface area contributed by atoms with Crippen molar-refractivity contribution in [2.45, 2.75) is 25.8 Å². The largest absolute Gasteiger partial charge is 0.347 e. The van der Waals surface area contributed by atoms with Gasteiger partial charge in [0.25, 0.3) is 0 Å². The van der Waals surface area contributed by atoms with Crippen molar-refractivity contribution in [2.75, 3.05) is 24.5 Å². The summed E-state index contributed by atoms with van der Waals surface area (Å²) in [6, 6.07) is 3.41. The van der Waals surface area contributed by atoms with Crippen LogP contribution in [0.4, 0.5) is 11.5 Å². The van der Waals surface area contributed by atoms with Crippen molar-refractivity contribution in [1.82, 2.24) is 10.3 Å². The minimum absolute atomic E-state index is 0.0879. The van der Waals surface area contributed by atoms with Gasteiger partial charge in [0.05, 0.1) is 4.92 Å². The van der Waals surface area contributed by atoms with Crippen LogP contribution in [-0.2, 0) is 0 Å². The lowest BCUT2D eigenvalue weighted by Crippen LogP contribution is -2.46. The minimum atomic E-state index is -0.360. The molecule has 1 aromatic rings. The number of piperidine rings is 1. The Bertz CT molecular complexity index is 418. The summed E-state index contributed by atoms with van der Waals surface area (Å²) in [7, 11) is 0. The van der Waals surface area contributed by atoms with E-state index in [9.17, 15) is 10.1 Å². The molecule has 98 valence electrons. The molecule has 0 saturated carbocycles. The van der Waals surface area contributed by atoms with Crippen LogP contribution >= 0.6 is 0 Å². The maximum Gasteiger partial charge on any atom is 0.311 e. The Hall–Kier alpha value is -1.69. The maximum absolute atomic E-state index is 11.0. The molecule has 0 radical (unpaired) electrons. The summed E-state index contributed by atoms with van der Waals surface area (Å²) in [5.41, 5.74) is 0.0879. The number of anilines is 1. The second-order valence-corrected chi connectivity index (χ2v) is 4.39. The fourth-order valence-electron chi connectivity index (χ4n) is 2.43. The van der Waals surface area contributed by atoms with Gasteiger partial charge in [-0.05, 0) is 32.4 Å². The third-order valence-corrected chi connectivity index (χ3v) is 3.29. The molecule has 6 heteroatoms. The average Bonchev–Trinajstić information content (AvgIpc) is 2.41. The first kappa shape index (κ1) is 12.8. The molecule has 1 atom stereocenters. The maximum atomic E-state index is 11.0. The summed E-state index contributed by atoms with van der Waals surface area (Å²) in [5.74, 6) is 0.485. The molecule has 0 amide bonds. The lowest BCUT2D eigenvalue weighted by Gasteiger charge is -2.34. The smallest absolute Gasteiger partial charge is 0.311 e. The van der Waals surface area contributed by atoms with Crippen LogP contribution in [0.2, 0.25) is 0 Å². The Kier molecular flexibility index (Phi) is 4.09. The Labute approximate surface area is 106 Å². The summed E-state index contributed by atoms with van der Waals surface area (Å²) in [5, 5.41) is 14.4. The topological polar surface area (TPSA) is 71.3 Å². The number of nitrogens with one attached hydrogen (secondary N) is 1. The van der Waals surface area contributed by atoms with Gasteiger partial charge in [-0.1, -0.05) is 0 Å². The zero-order chi connectivity index (χ0) is 13.0. The van der Waals surface area contributed by atoms with E-state index in [2.05, 4.69) is 10.3 Å². The lowest BCUT2D eigenvalue weighted by molar-refractivity contribution is -0.384. The average molecular weight is 250 g/mol. The summed E-state index contributed by atoms with van der Waals surface area (Å²) in [6.45, 7) is 4.62. The van der Waals surface area contributed by atoms with Gasteiger partial charge in [-0.2, -0.15) is 0 Å². The zero-order valence-corrected chi connectivity index (χ0v) is 10.5. The quantitative estimate of drug-likeness (QED) is 0.648. The summed E-state index contributed by atoms with van der Waals surface area (Å²) in [6.07, 6.45) is 3.76. The number of rotatable bonds is 4. The van der Waals surface area contributed by atoms with E-state index in [1.165, 1.54) is 6.07 Å². The predicted octanol–water partition coefficient (Wildman–Crippen LogP) is 1.57. The van der Waals surface area contributed by atoms with E-state index in [0.29, 0.717) is 5.82 Å². The lowest BCUT2D eigenvalue weighted by atomic mass is 10.1. The van der Waals surface area contributed by atoms with Crippen LogP contribution < -0.4 is 10.2 Å². The minimum Gasteiger partial charge on any atom is -0.347 e.